The van der Waals surface area contributed by atoms with Crippen LogP contribution in [0.4, 0.5) is 10.3 Å². The van der Waals surface area contributed by atoms with Crippen LogP contribution in [0.3, 0.4) is 0 Å². The molecule has 2 aromatic heterocycles. The summed E-state index contributed by atoms with van der Waals surface area (Å²) in [5, 5.41) is 7.05. The van der Waals surface area contributed by atoms with E-state index in [2.05, 4.69) is 15.5 Å². The fourth-order valence-corrected chi connectivity index (χ4v) is 3.52. The van der Waals surface area contributed by atoms with Gasteiger partial charge in [0.1, 0.15) is 11.5 Å². The third kappa shape index (κ3) is 4.86. The number of hydrogen-bond donors (Lipinski definition) is 1. The molecule has 1 amide bonds. The molecule has 2 heterocycles. The van der Waals surface area contributed by atoms with E-state index in [4.69, 9.17) is 4.52 Å². The molecule has 4 rings (SSSR count). The molecule has 0 spiro atoms. The summed E-state index contributed by atoms with van der Waals surface area (Å²) in [4.78, 5) is 17.1. The van der Waals surface area contributed by atoms with Gasteiger partial charge in [0.05, 0.1) is 5.56 Å². The molecule has 2 aromatic carbocycles. The molecule has 0 bridgehead atoms. The van der Waals surface area contributed by atoms with E-state index in [1.807, 2.05) is 56.3 Å². The average Bonchev–Trinajstić information content (AvgIpc) is 3.16. The lowest BCUT2D eigenvalue weighted by Crippen LogP contribution is -2.12. The normalized spacial score (nSPS) is 10.8. The number of aryl methyl sites for hydroxylation is 3. The first-order valence-corrected chi connectivity index (χ1v) is 10.0. The van der Waals surface area contributed by atoms with Gasteiger partial charge >= 0.3 is 0 Å². The van der Waals surface area contributed by atoms with E-state index < -0.39 is 0 Å². The molecule has 156 valence electrons. The van der Waals surface area contributed by atoms with Crippen LogP contribution in [0.2, 0.25) is 0 Å². The zero-order chi connectivity index (χ0) is 21.8. The van der Waals surface area contributed by atoms with Crippen LogP contribution in [0.1, 0.15) is 23.4 Å². The zero-order valence-corrected chi connectivity index (χ0v) is 17.4. The average molecular weight is 415 g/mol. The van der Waals surface area contributed by atoms with Crippen molar-refractivity contribution >= 4 is 11.8 Å². The second-order valence-corrected chi connectivity index (χ2v) is 7.41. The van der Waals surface area contributed by atoms with Crippen LogP contribution in [-0.4, -0.2) is 16.0 Å². The van der Waals surface area contributed by atoms with E-state index in [0.717, 1.165) is 22.5 Å². The highest BCUT2D eigenvalue weighted by Crippen LogP contribution is 2.38. The number of hydrogen-bond acceptors (Lipinski definition) is 4. The molecule has 1 N–H and O–H groups in total. The van der Waals surface area contributed by atoms with Crippen molar-refractivity contribution < 1.29 is 13.7 Å². The molecule has 0 saturated heterocycles. The number of nitrogens with one attached hydrogen (secondary N) is 1. The molecule has 0 saturated carbocycles. The number of aromatic nitrogens is 2. The monoisotopic (exact) mass is 415 g/mol. The quantitative estimate of drug-likeness (QED) is 0.437. The van der Waals surface area contributed by atoms with Crippen LogP contribution < -0.4 is 5.32 Å². The van der Waals surface area contributed by atoms with E-state index in [-0.39, 0.29) is 17.6 Å². The van der Waals surface area contributed by atoms with Gasteiger partial charge in [-0.2, -0.15) is 0 Å². The van der Waals surface area contributed by atoms with Gasteiger partial charge in [-0.3, -0.25) is 15.1 Å². The van der Waals surface area contributed by atoms with Gasteiger partial charge in [-0.05, 0) is 67.8 Å². The highest BCUT2D eigenvalue weighted by Gasteiger charge is 2.22. The number of pyridine rings is 1. The van der Waals surface area contributed by atoms with E-state index >= 15 is 0 Å². The van der Waals surface area contributed by atoms with Crippen molar-refractivity contribution in [2.45, 2.75) is 26.7 Å². The standard InChI is InChI=1S/C25H22FN3O2/c1-16-14-20(15-17(2)27-16)23-24(19-9-11-21(26)12-10-19)29-31-25(23)28-22(30)13-8-18-6-4-3-5-7-18/h3-7,9-12,14-15H,8,13H2,1-2H3,(H,28,30). The fraction of sp³-hybridized carbons (Fsp3) is 0.160. The van der Waals surface area contributed by atoms with Gasteiger partial charge in [0, 0.05) is 23.4 Å². The molecule has 0 unspecified atom stereocenters. The molecule has 31 heavy (non-hydrogen) atoms. The van der Waals surface area contributed by atoms with E-state index in [1.165, 1.54) is 12.1 Å². The highest BCUT2D eigenvalue weighted by molar-refractivity contribution is 5.97. The molecular weight excluding hydrogens is 393 g/mol. The number of anilines is 1. The number of carbonyl (C=O) groups is 1. The molecular formula is C25H22FN3O2. The number of amides is 1. The van der Waals surface area contributed by atoms with Crippen molar-refractivity contribution in [2.75, 3.05) is 5.32 Å². The Bertz CT molecular complexity index is 1180. The summed E-state index contributed by atoms with van der Waals surface area (Å²) in [6.07, 6.45) is 0.929. The summed E-state index contributed by atoms with van der Waals surface area (Å²) < 4.78 is 19.0. The third-order valence-corrected chi connectivity index (χ3v) is 4.92. The minimum atomic E-state index is -0.334. The third-order valence-electron chi connectivity index (χ3n) is 4.92. The van der Waals surface area contributed by atoms with Gasteiger partial charge in [-0.15, -0.1) is 0 Å². The zero-order valence-electron chi connectivity index (χ0n) is 17.4. The summed E-state index contributed by atoms with van der Waals surface area (Å²) in [5.74, 6) is -0.240. The molecule has 0 fully saturated rings. The van der Waals surface area contributed by atoms with Crippen LogP contribution in [0.25, 0.3) is 22.4 Å². The maximum absolute atomic E-state index is 13.4. The van der Waals surface area contributed by atoms with E-state index in [9.17, 15) is 9.18 Å². The first kappa shape index (κ1) is 20.5. The Morgan fingerprint density at radius 1 is 0.968 bits per heavy atom. The number of rotatable bonds is 6. The fourth-order valence-electron chi connectivity index (χ4n) is 3.52. The van der Waals surface area contributed by atoms with Crippen molar-refractivity contribution in [1.82, 2.24) is 10.1 Å². The Morgan fingerprint density at radius 3 is 2.32 bits per heavy atom. The highest BCUT2D eigenvalue weighted by atomic mass is 19.1. The van der Waals surface area contributed by atoms with Gasteiger partial charge in [0.2, 0.25) is 11.8 Å². The van der Waals surface area contributed by atoms with Crippen molar-refractivity contribution in [1.29, 1.82) is 0 Å². The van der Waals surface area contributed by atoms with Gasteiger partial charge in [0.25, 0.3) is 0 Å². The lowest BCUT2D eigenvalue weighted by atomic mass is 10.00. The maximum atomic E-state index is 13.4. The minimum Gasteiger partial charge on any atom is -0.337 e. The van der Waals surface area contributed by atoms with Gasteiger partial charge in [-0.25, -0.2) is 4.39 Å². The van der Waals surface area contributed by atoms with Crippen molar-refractivity contribution in [3.05, 3.63) is 89.5 Å². The maximum Gasteiger partial charge on any atom is 0.239 e. The smallest absolute Gasteiger partial charge is 0.239 e. The molecule has 0 radical (unpaired) electrons. The Kier molecular flexibility index (Phi) is 5.89. The molecule has 0 atom stereocenters. The topological polar surface area (TPSA) is 68.0 Å². The van der Waals surface area contributed by atoms with Crippen LogP contribution in [-0.2, 0) is 11.2 Å². The second kappa shape index (κ2) is 8.92. The SMILES string of the molecule is Cc1cc(-c2c(-c3ccc(F)cc3)noc2NC(=O)CCc2ccccc2)cc(C)n1. The van der Waals surface area contributed by atoms with Crippen LogP contribution in [0, 0.1) is 19.7 Å². The van der Waals surface area contributed by atoms with Gasteiger partial charge in [0.15, 0.2) is 0 Å². The Hall–Kier alpha value is -3.80. The lowest BCUT2D eigenvalue weighted by Gasteiger charge is -2.08. The number of carbonyl (C=O) groups excluding carboxylic acids is 1. The van der Waals surface area contributed by atoms with Crippen LogP contribution in [0.15, 0.2) is 71.3 Å². The van der Waals surface area contributed by atoms with Gasteiger partial charge in [-0.1, -0.05) is 35.5 Å². The predicted octanol–water partition coefficient (Wildman–Crippen LogP) is 5.73. The molecule has 0 aliphatic rings. The summed E-state index contributed by atoms with van der Waals surface area (Å²) in [5.41, 5.74) is 5.45. The second-order valence-electron chi connectivity index (χ2n) is 7.41. The summed E-state index contributed by atoms with van der Waals surface area (Å²) >= 11 is 0. The Labute approximate surface area is 179 Å². The predicted molar refractivity (Wildman–Crippen MR) is 118 cm³/mol. The van der Waals surface area contributed by atoms with Gasteiger partial charge < -0.3 is 4.52 Å². The first-order chi connectivity index (χ1) is 15.0. The first-order valence-electron chi connectivity index (χ1n) is 10.0. The van der Waals surface area contributed by atoms with E-state index in [1.54, 1.807) is 12.1 Å². The summed E-state index contributed by atoms with van der Waals surface area (Å²) in [6.45, 7) is 3.80. The molecule has 5 nitrogen and oxygen atoms in total. The van der Waals surface area contributed by atoms with Crippen molar-refractivity contribution in [3.8, 4) is 22.4 Å². The Morgan fingerprint density at radius 2 is 1.65 bits per heavy atom. The molecule has 4 aromatic rings. The molecule has 0 aliphatic heterocycles. The number of halogens is 1. The van der Waals surface area contributed by atoms with Crippen LogP contribution >= 0.6 is 0 Å². The largest absolute Gasteiger partial charge is 0.337 e. The lowest BCUT2D eigenvalue weighted by molar-refractivity contribution is -0.116. The minimum absolute atomic E-state index is 0.172. The van der Waals surface area contributed by atoms with E-state index in [0.29, 0.717) is 29.7 Å². The van der Waals surface area contributed by atoms with Crippen molar-refractivity contribution in [2.24, 2.45) is 0 Å². The Balaban J connectivity index is 1.67. The van der Waals surface area contributed by atoms with Crippen LogP contribution in [0.5, 0.6) is 0 Å². The number of benzene rings is 2. The molecule has 0 aliphatic carbocycles. The molecule has 6 heteroatoms. The van der Waals surface area contributed by atoms with Crippen molar-refractivity contribution in [3.63, 3.8) is 0 Å². The summed E-state index contributed by atoms with van der Waals surface area (Å²) in [7, 11) is 0. The summed E-state index contributed by atoms with van der Waals surface area (Å²) in [6, 6.07) is 19.7. The number of nitrogens with zero attached hydrogens (tertiary/aromatic N) is 2.